The largest absolute Gasteiger partial charge is 0.465 e. The zero-order chi connectivity index (χ0) is 21.5. The van der Waals surface area contributed by atoms with Crippen LogP contribution in [0.3, 0.4) is 0 Å². The Bertz CT molecular complexity index is 1110. The third-order valence-corrected chi connectivity index (χ3v) is 8.21. The van der Waals surface area contributed by atoms with E-state index in [-0.39, 0.29) is 36.8 Å². The highest BCUT2D eigenvalue weighted by Gasteiger charge is 2.41. The maximum absolute atomic E-state index is 13.4. The van der Waals surface area contributed by atoms with Gasteiger partial charge in [-0.3, -0.25) is 8.98 Å². The van der Waals surface area contributed by atoms with E-state index in [1.807, 2.05) is 19.1 Å². The first-order chi connectivity index (χ1) is 14.3. The number of hydrogen-bond donors (Lipinski definition) is 0. The number of aryl methyl sites for hydroxylation is 1. The first-order valence-corrected chi connectivity index (χ1v) is 12.4. The molecule has 2 aliphatic rings. The first-order valence-electron chi connectivity index (χ1n) is 9.70. The molecule has 0 fully saturated rings. The third-order valence-electron chi connectivity index (χ3n) is 5.41. The van der Waals surface area contributed by atoms with Crippen LogP contribution in [0.1, 0.15) is 34.7 Å². The number of benzene rings is 2. The van der Waals surface area contributed by atoms with Crippen molar-refractivity contribution in [3.8, 4) is 0 Å². The molecule has 2 heterocycles. The van der Waals surface area contributed by atoms with Crippen molar-refractivity contribution in [1.29, 1.82) is 0 Å². The second-order valence-electron chi connectivity index (χ2n) is 7.44. The summed E-state index contributed by atoms with van der Waals surface area (Å²) in [6, 6.07) is 9.45. The molecule has 30 heavy (non-hydrogen) atoms. The molecule has 2 unspecified atom stereocenters. The monoisotopic (exact) mass is 449 g/mol. The summed E-state index contributed by atoms with van der Waals surface area (Å²) in [5.41, 5.74) is 4.46. The summed E-state index contributed by atoms with van der Waals surface area (Å²) in [6.07, 6.45) is 0.208. The maximum Gasteiger partial charge on any atom is 0.324 e. The van der Waals surface area contributed by atoms with Gasteiger partial charge in [0, 0.05) is 13.0 Å². The molecule has 0 saturated heterocycles. The fourth-order valence-corrected chi connectivity index (χ4v) is 6.24. The van der Waals surface area contributed by atoms with Gasteiger partial charge in [-0.1, -0.05) is 29.8 Å². The van der Waals surface area contributed by atoms with E-state index in [0.29, 0.717) is 0 Å². The normalized spacial score (nSPS) is 21.5. The van der Waals surface area contributed by atoms with Crippen molar-refractivity contribution in [3.05, 3.63) is 64.2 Å². The van der Waals surface area contributed by atoms with Crippen molar-refractivity contribution in [2.45, 2.75) is 50.1 Å². The van der Waals surface area contributed by atoms with E-state index >= 15 is 0 Å². The minimum atomic E-state index is -3.91. The van der Waals surface area contributed by atoms with Gasteiger partial charge in [0.1, 0.15) is 6.04 Å². The summed E-state index contributed by atoms with van der Waals surface area (Å²) in [7, 11) is -3.91. The number of hydrogen-bond acceptors (Lipinski definition) is 6. The van der Waals surface area contributed by atoms with Crippen molar-refractivity contribution in [2.24, 2.45) is 0 Å². The highest BCUT2D eigenvalue weighted by atomic mass is 32.2. The summed E-state index contributed by atoms with van der Waals surface area (Å²) in [4.78, 5) is 12.8. The molecule has 9 heteroatoms. The lowest BCUT2D eigenvalue weighted by Crippen LogP contribution is -2.49. The molecule has 2 aromatic rings. The molecule has 4 rings (SSSR count). The average molecular weight is 450 g/mol. The van der Waals surface area contributed by atoms with Gasteiger partial charge in [-0.05, 0) is 48.2 Å². The van der Waals surface area contributed by atoms with Gasteiger partial charge in [0.2, 0.25) is 10.0 Å². The summed E-state index contributed by atoms with van der Waals surface area (Å²) >= 11 is -1.37. The smallest absolute Gasteiger partial charge is 0.324 e. The van der Waals surface area contributed by atoms with Gasteiger partial charge in [-0.25, -0.2) is 12.6 Å². The molecule has 0 saturated carbocycles. The Hall–Kier alpha value is -2.07. The van der Waals surface area contributed by atoms with Gasteiger partial charge >= 0.3 is 5.97 Å². The minimum absolute atomic E-state index is 0.0609. The van der Waals surface area contributed by atoms with Crippen molar-refractivity contribution in [1.82, 2.24) is 4.31 Å². The van der Waals surface area contributed by atoms with Crippen LogP contribution in [-0.4, -0.2) is 35.5 Å². The van der Waals surface area contributed by atoms with Crippen LogP contribution in [0, 0.1) is 6.92 Å². The Kier molecular flexibility index (Phi) is 5.80. The van der Waals surface area contributed by atoms with Crippen LogP contribution in [-0.2, 0) is 60.1 Å². The molecule has 2 aromatic carbocycles. The van der Waals surface area contributed by atoms with Crippen molar-refractivity contribution in [2.75, 3.05) is 6.61 Å². The predicted octanol–water partition coefficient (Wildman–Crippen LogP) is 2.37. The molecule has 0 aromatic heterocycles. The molecule has 0 aliphatic carbocycles. The van der Waals surface area contributed by atoms with E-state index < -0.39 is 33.1 Å². The standard InChI is InChI=1S/C21H23NO6S2/c1-3-27-21(23)20-10-15-8-18-13-29(24)28-12-17(18)9-16(15)11-22(20)30(25,26)19-6-4-14(2)5-7-19/h4-9,20H,3,10-13H2,1-2H3. The van der Waals surface area contributed by atoms with Crippen LogP contribution >= 0.6 is 0 Å². The molecule has 0 spiro atoms. The van der Waals surface area contributed by atoms with E-state index in [1.165, 1.54) is 4.31 Å². The van der Waals surface area contributed by atoms with E-state index in [1.54, 1.807) is 31.2 Å². The van der Waals surface area contributed by atoms with Gasteiger partial charge in [-0.15, -0.1) is 0 Å². The molecule has 160 valence electrons. The van der Waals surface area contributed by atoms with Crippen LogP contribution in [0.2, 0.25) is 0 Å². The Morgan fingerprint density at radius 1 is 1.17 bits per heavy atom. The number of fused-ring (bicyclic) bond motifs is 2. The number of ether oxygens (including phenoxy) is 1. The van der Waals surface area contributed by atoms with Crippen molar-refractivity contribution < 1.29 is 26.3 Å². The van der Waals surface area contributed by atoms with Gasteiger partial charge in [-0.2, -0.15) is 4.31 Å². The van der Waals surface area contributed by atoms with Crippen molar-refractivity contribution >= 4 is 27.1 Å². The lowest BCUT2D eigenvalue weighted by Gasteiger charge is -2.35. The number of rotatable bonds is 4. The topological polar surface area (TPSA) is 90.0 Å². The highest BCUT2D eigenvalue weighted by Crippen LogP contribution is 2.33. The van der Waals surface area contributed by atoms with E-state index in [2.05, 4.69) is 0 Å². The Morgan fingerprint density at radius 3 is 2.57 bits per heavy atom. The molecule has 0 N–H and O–H groups in total. The fraction of sp³-hybridized carbons (Fsp3) is 0.381. The molecule has 2 atom stereocenters. The maximum atomic E-state index is 13.4. The summed E-state index contributed by atoms with van der Waals surface area (Å²) in [5.74, 6) is -0.276. The summed E-state index contributed by atoms with van der Waals surface area (Å²) in [5, 5.41) is 0. The lowest BCUT2D eigenvalue weighted by atomic mass is 9.91. The number of nitrogens with zero attached hydrogens (tertiary/aromatic N) is 1. The zero-order valence-corrected chi connectivity index (χ0v) is 18.4. The predicted molar refractivity (Wildman–Crippen MR) is 111 cm³/mol. The fourth-order valence-electron chi connectivity index (χ4n) is 3.82. The second-order valence-corrected chi connectivity index (χ2v) is 10.5. The molecule has 7 nitrogen and oxygen atoms in total. The van der Waals surface area contributed by atoms with Gasteiger partial charge in [0.25, 0.3) is 0 Å². The molecule has 0 amide bonds. The van der Waals surface area contributed by atoms with Gasteiger partial charge in [0.15, 0.2) is 11.1 Å². The van der Waals surface area contributed by atoms with Crippen LogP contribution < -0.4 is 0 Å². The molecule has 0 radical (unpaired) electrons. The zero-order valence-electron chi connectivity index (χ0n) is 16.8. The Balaban J connectivity index is 1.76. The van der Waals surface area contributed by atoms with Gasteiger partial charge < -0.3 is 4.74 Å². The lowest BCUT2D eigenvalue weighted by molar-refractivity contribution is -0.148. The van der Waals surface area contributed by atoms with Crippen LogP contribution in [0.4, 0.5) is 0 Å². The molecular weight excluding hydrogens is 426 g/mol. The Labute approximate surface area is 178 Å². The highest BCUT2D eigenvalue weighted by molar-refractivity contribution is 7.89. The molecular formula is C21H23NO6S2. The molecule has 2 aliphatic heterocycles. The number of carbonyl (C=O) groups is 1. The van der Waals surface area contributed by atoms with Crippen LogP contribution in [0.25, 0.3) is 0 Å². The minimum Gasteiger partial charge on any atom is -0.465 e. The number of carbonyl (C=O) groups excluding carboxylic acids is 1. The van der Waals surface area contributed by atoms with Crippen LogP contribution in [0.15, 0.2) is 41.3 Å². The summed E-state index contributed by atoms with van der Waals surface area (Å²) < 4.78 is 50.2. The average Bonchev–Trinajstić information content (AvgIpc) is 2.71. The first kappa shape index (κ1) is 21.2. The second kappa shape index (κ2) is 8.22. The third kappa shape index (κ3) is 3.94. The molecule has 0 bridgehead atoms. The van der Waals surface area contributed by atoms with E-state index in [0.717, 1.165) is 27.8 Å². The quantitative estimate of drug-likeness (QED) is 0.666. The van der Waals surface area contributed by atoms with E-state index in [4.69, 9.17) is 8.92 Å². The van der Waals surface area contributed by atoms with Crippen molar-refractivity contribution in [3.63, 3.8) is 0 Å². The van der Waals surface area contributed by atoms with Gasteiger partial charge in [0.05, 0.1) is 23.9 Å². The number of sulfonamides is 1. The van der Waals surface area contributed by atoms with Crippen LogP contribution in [0.5, 0.6) is 0 Å². The van der Waals surface area contributed by atoms with E-state index in [9.17, 15) is 17.4 Å². The summed E-state index contributed by atoms with van der Waals surface area (Å²) in [6.45, 7) is 4.03. The SMILES string of the molecule is CCOC(=O)C1Cc2cc3c(cc2CN1S(=O)(=O)c1ccc(C)cc1)COS(=O)C3. The number of esters is 1. The Morgan fingerprint density at radius 2 is 1.87 bits per heavy atom.